The molecule has 4 nitrogen and oxygen atoms in total. The molecule has 1 aliphatic carbocycles. The number of aromatic hydroxyl groups is 1. The molecule has 2 aliphatic rings. The van der Waals surface area contributed by atoms with E-state index >= 15 is 0 Å². The SMILES string of the molecule is O=C(NC(c1ccccc1)C1(N2CCCC2)CCCC1)c1cccc(Br)c1O. The summed E-state index contributed by atoms with van der Waals surface area (Å²) in [6.07, 6.45) is 7.03. The minimum atomic E-state index is -0.224. The van der Waals surface area contributed by atoms with Gasteiger partial charge in [-0.05, 0) is 72.4 Å². The van der Waals surface area contributed by atoms with E-state index in [0.717, 1.165) is 31.5 Å². The Labute approximate surface area is 175 Å². The van der Waals surface area contributed by atoms with E-state index in [4.69, 9.17) is 0 Å². The van der Waals surface area contributed by atoms with Crippen LogP contribution in [0.25, 0.3) is 0 Å². The summed E-state index contributed by atoms with van der Waals surface area (Å²) in [6, 6.07) is 15.4. The van der Waals surface area contributed by atoms with Crippen LogP contribution in [0, 0.1) is 0 Å². The monoisotopic (exact) mass is 442 g/mol. The number of nitrogens with zero attached hydrogens (tertiary/aromatic N) is 1. The third kappa shape index (κ3) is 3.58. The molecule has 5 heteroatoms. The van der Waals surface area contributed by atoms with Crippen molar-refractivity contribution in [2.45, 2.75) is 50.1 Å². The molecule has 1 saturated carbocycles. The van der Waals surface area contributed by atoms with E-state index in [1.807, 2.05) is 18.2 Å². The van der Waals surface area contributed by atoms with Gasteiger partial charge in [-0.25, -0.2) is 0 Å². The number of halogens is 1. The molecule has 0 bridgehead atoms. The summed E-state index contributed by atoms with van der Waals surface area (Å²) < 4.78 is 0.534. The maximum Gasteiger partial charge on any atom is 0.255 e. The Bertz CT molecular complexity index is 828. The fraction of sp³-hybridized carbons (Fsp3) is 0.435. The van der Waals surface area contributed by atoms with Crippen LogP contribution in [0.5, 0.6) is 5.75 Å². The number of nitrogens with one attached hydrogen (secondary N) is 1. The minimum Gasteiger partial charge on any atom is -0.506 e. The zero-order chi connectivity index (χ0) is 19.6. The number of carbonyl (C=O) groups excluding carboxylic acids is 1. The summed E-state index contributed by atoms with van der Waals surface area (Å²) in [5.41, 5.74) is 1.40. The van der Waals surface area contributed by atoms with Gasteiger partial charge in [0, 0.05) is 5.54 Å². The van der Waals surface area contributed by atoms with Gasteiger partial charge in [-0.15, -0.1) is 0 Å². The zero-order valence-electron chi connectivity index (χ0n) is 16.0. The molecule has 1 heterocycles. The fourth-order valence-electron chi connectivity index (χ4n) is 5.02. The smallest absolute Gasteiger partial charge is 0.255 e. The Balaban J connectivity index is 1.72. The Morgan fingerprint density at radius 3 is 2.36 bits per heavy atom. The lowest BCUT2D eigenvalue weighted by Gasteiger charge is -2.45. The van der Waals surface area contributed by atoms with Gasteiger partial charge in [0.1, 0.15) is 5.75 Å². The highest BCUT2D eigenvalue weighted by atomic mass is 79.9. The van der Waals surface area contributed by atoms with Crippen LogP contribution in [0.2, 0.25) is 0 Å². The van der Waals surface area contributed by atoms with Crippen molar-refractivity contribution in [1.29, 1.82) is 0 Å². The van der Waals surface area contributed by atoms with Crippen LogP contribution >= 0.6 is 15.9 Å². The third-order valence-electron chi connectivity index (χ3n) is 6.38. The Morgan fingerprint density at radius 2 is 1.68 bits per heavy atom. The molecule has 1 atom stereocenters. The number of phenolic OH excluding ortho intramolecular Hbond substituents is 1. The molecule has 148 valence electrons. The van der Waals surface area contributed by atoms with Crippen LogP contribution in [-0.2, 0) is 0 Å². The van der Waals surface area contributed by atoms with Crippen molar-refractivity contribution in [2.24, 2.45) is 0 Å². The van der Waals surface area contributed by atoms with E-state index in [1.54, 1.807) is 18.2 Å². The van der Waals surface area contributed by atoms with E-state index in [2.05, 4.69) is 38.3 Å². The first-order valence-electron chi connectivity index (χ1n) is 10.2. The first kappa shape index (κ1) is 19.5. The van der Waals surface area contributed by atoms with Gasteiger partial charge < -0.3 is 10.4 Å². The average molecular weight is 443 g/mol. The van der Waals surface area contributed by atoms with Crippen molar-refractivity contribution < 1.29 is 9.90 Å². The number of amides is 1. The van der Waals surface area contributed by atoms with Crippen LogP contribution < -0.4 is 5.32 Å². The lowest BCUT2D eigenvalue weighted by Crippen LogP contribution is -2.55. The van der Waals surface area contributed by atoms with Crippen molar-refractivity contribution in [3.63, 3.8) is 0 Å². The molecule has 28 heavy (non-hydrogen) atoms. The zero-order valence-corrected chi connectivity index (χ0v) is 17.6. The molecular formula is C23H27BrN2O2. The van der Waals surface area contributed by atoms with Gasteiger partial charge in [0.2, 0.25) is 0 Å². The van der Waals surface area contributed by atoms with Crippen molar-refractivity contribution in [2.75, 3.05) is 13.1 Å². The van der Waals surface area contributed by atoms with Gasteiger partial charge in [0.15, 0.2) is 0 Å². The number of phenols is 1. The van der Waals surface area contributed by atoms with Crippen molar-refractivity contribution in [3.8, 4) is 5.75 Å². The summed E-state index contributed by atoms with van der Waals surface area (Å²) >= 11 is 3.32. The molecule has 2 aromatic carbocycles. The predicted octanol–water partition coefficient (Wildman–Crippen LogP) is 5.03. The van der Waals surface area contributed by atoms with Crippen LogP contribution in [0.3, 0.4) is 0 Å². The number of para-hydroxylation sites is 1. The van der Waals surface area contributed by atoms with Crippen molar-refractivity contribution >= 4 is 21.8 Å². The van der Waals surface area contributed by atoms with Crippen LogP contribution in [-0.4, -0.2) is 34.5 Å². The van der Waals surface area contributed by atoms with Gasteiger partial charge >= 0.3 is 0 Å². The number of likely N-dealkylation sites (tertiary alicyclic amines) is 1. The Morgan fingerprint density at radius 1 is 1.00 bits per heavy atom. The van der Waals surface area contributed by atoms with Crippen LogP contribution in [0.15, 0.2) is 53.0 Å². The van der Waals surface area contributed by atoms with E-state index in [1.165, 1.54) is 25.7 Å². The molecule has 1 saturated heterocycles. The molecular weight excluding hydrogens is 416 g/mol. The highest BCUT2D eigenvalue weighted by Crippen LogP contribution is 2.46. The second kappa shape index (κ2) is 8.26. The standard InChI is InChI=1S/C23H27BrN2O2/c24-19-12-8-11-18(20(19)27)22(28)25-21(17-9-2-1-3-10-17)23(13-4-5-14-23)26-15-6-7-16-26/h1-3,8-12,21,27H,4-7,13-16H2,(H,25,28). The fourth-order valence-corrected chi connectivity index (χ4v) is 5.38. The topological polar surface area (TPSA) is 52.6 Å². The van der Waals surface area contributed by atoms with Crippen molar-refractivity contribution in [1.82, 2.24) is 10.2 Å². The van der Waals surface area contributed by atoms with Gasteiger partial charge in [-0.2, -0.15) is 0 Å². The molecule has 2 fully saturated rings. The third-order valence-corrected chi connectivity index (χ3v) is 7.02. The van der Waals surface area contributed by atoms with E-state index in [9.17, 15) is 9.90 Å². The largest absolute Gasteiger partial charge is 0.506 e. The highest BCUT2D eigenvalue weighted by Gasteiger charge is 2.48. The number of hydrogen-bond donors (Lipinski definition) is 2. The number of benzene rings is 2. The first-order valence-corrected chi connectivity index (χ1v) is 11.0. The molecule has 1 aliphatic heterocycles. The lowest BCUT2D eigenvalue weighted by atomic mass is 9.81. The maximum absolute atomic E-state index is 13.2. The quantitative estimate of drug-likeness (QED) is 0.681. The molecule has 4 rings (SSSR count). The first-order chi connectivity index (χ1) is 13.6. The lowest BCUT2D eigenvalue weighted by molar-refractivity contribution is 0.0641. The molecule has 1 unspecified atom stereocenters. The molecule has 0 spiro atoms. The molecule has 0 radical (unpaired) electrons. The molecule has 2 aromatic rings. The predicted molar refractivity (Wildman–Crippen MR) is 114 cm³/mol. The van der Waals surface area contributed by atoms with Gasteiger partial charge in [0.05, 0.1) is 16.1 Å². The minimum absolute atomic E-state index is 0.00606. The van der Waals surface area contributed by atoms with Crippen LogP contribution in [0.4, 0.5) is 0 Å². The number of hydrogen-bond acceptors (Lipinski definition) is 3. The molecule has 0 aromatic heterocycles. The normalized spacial score (nSPS) is 20.2. The maximum atomic E-state index is 13.2. The van der Waals surface area contributed by atoms with Gasteiger partial charge in [0.25, 0.3) is 5.91 Å². The molecule has 2 N–H and O–H groups in total. The summed E-state index contributed by atoms with van der Waals surface area (Å²) in [6.45, 7) is 2.20. The number of rotatable bonds is 5. The number of carbonyl (C=O) groups is 1. The van der Waals surface area contributed by atoms with E-state index in [0.29, 0.717) is 10.0 Å². The summed E-state index contributed by atoms with van der Waals surface area (Å²) in [5, 5.41) is 13.7. The Kier molecular flexibility index (Phi) is 5.74. The van der Waals surface area contributed by atoms with Gasteiger partial charge in [-0.3, -0.25) is 9.69 Å². The second-order valence-electron chi connectivity index (χ2n) is 7.96. The van der Waals surface area contributed by atoms with Crippen molar-refractivity contribution in [3.05, 3.63) is 64.1 Å². The summed E-state index contributed by atoms with van der Waals surface area (Å²) in [5.74, 6) is -0.230. The Hall–Kier alpha value is -1.85. The summed E-state index contributed by atoms with van der Waals surface area (Å²) in [7, 11) is 0. The molecule has 1 amide bonds. The van der Waals surface area contributed by atoms with Crippen LogP contribution in [0.1, 0.15) is 60.5 Å². The summed E-state index contributed by atoms with van der Waals surface area (Å²) in [4.78, 5) is 15.8. The van der Waals surface area contributed by atoms with E-state index < -0.39 is 0 Å². The second-order valence-corrected chi connectivity index (χ2v) is 8.81. The van der Waals surface area contributed by atoms with E-state index in [-0.39, 0.29) is 23.2 Å². The average Bonchev–Trinajstić information content (AvgIpc) is 3.41. The highest BCUT2D eigenvalue weighted by molar-refractivity contribution is 9.10. The van der Waals surface area contributed by atoms with Gasteiger partial charge in [-0.1, -0.05) is 49.2 Å².